The van der Waals surface area contributed by atoms with Gasteiger partial charge in [0.05, 0.1) is 12.5 Å². The Kier molecular flexibility index (Phi) is 5.26. The fourth-order valence-electron chi connectivity index (χ4n) is 2.37. The van der Waals surface area contributed by atoms with Gasteiger partial charge in [0.2, 0.25) is 0 Å². The second kappa shape index (κ2) is 7.17. The van der Waals surface area contributed by atoms with Crippen molar-refractivity contribution < 1.29 is 0 Å². The zero-order valence-corrected chi connectivity index (χ0v) is 12.8. The van der Waals surface area contributed by atoms with E-state index in [0.29, 0.717) is 6.42 Å². The third kappa shape index (κ3) is 4.15. The van der Waals surface area contributed by atoms with Crippen LogP contribution in [-0.2, 0) is 5.75 Å². The van der Waals surface area contributed by atoms with E-state index in [0.717, 1.165) is 5.75 Å². The Labute approximate surface area is 125 Å². The van der Waals surface area contributed by atoms with Gasteiger partial charge in [0, 0.05) is 11.0 Å². The molecule has 2 rings (SSSR count). The summed E-state index contributed by atoms with van der Waals surface area (Å²) in [7, 11) is 0. The normalized spacial score (nSPS) is 11.8. The molecule has 0 spiro atoms. The Morgan fingerprint density at radius 3 is 2.30 bits per heavy atom. The van der Waals surface area contributed by atoms with Crippen molar-refractivity contribution in [2.75, 3.05) is 0 Å². The molecular formula is C18H19NS. The lowest BCUT2D eigenvalue weighted by molar-refractivity contribution is 0.977. The summed E-state index contributed by atoms with van der Waals surface area (Å²) >= 11 is 1.85. The minimum Gasteiger partial charge on any atom is -0.198 e. The van der Waals surface area contributed by atoms with E-state index in [1.54, 1.807) is 0 Å². The van der Waals surface area contributed by atoms with Crippen LogP contribution in [0.2, 0.25) is 0 Å². The number of aryl methyl sites for hydroxylation is 2. The van der Waals surface area contributed by atoms with E-state index in [2.05, 4.69) is 50.2 Å². The maximum absolute atomic E-state index is 9.02. The number of nitriles is 1. The van der Waals surface area contributed by atoms with Gasteiger partial charge in [-0.05, 0) is 25.0 Å². The van der Waals surface area contributed by atoms with Crippen LogP contribution < -0.4 is 0 Å². The summed E-state index contributed by atoms with van der Waals surface area (Å²) in [5.74, 6) is 0.948. The van der Waals surface area contributed by atoms with Crippen LogP contribution in [0.5, 0.6) is 0 Å². The topological polar surface area (TPSA) is 23.8 Å². The van der Waals surface area contributed by atoms with Crippen LogP contribution in [-0.4, -0.2) is 0 Å². The van der Waals surface area contributed by atoms with Crippen molar-refractivity contribution in [1.29, 1.82) is 5.26 Å². The van der Waals surface area contributed by atoms with Gasteiger partial charge in [-0.1, -0.05) is 59.7 Å². The highest BCUT2D eigenvalue weighted by Crippen LogP contribution is 2.34. The first kappa shape index (κ1) is 14.7. The summed E-state index contributed by atoms with van der Waals surface area (Å²) in [5.41, 5.74) is 5.18. The summed E-state index contributed by atoms with van der Waals surface area (Å²) in [6, 6.07) is 19.3. The standard InChI is InChI=1S/C18H19NS/c1-14-10-15(2)12-16(11-14)13-20-18(8-9-19)17-6-4-3-5-7-17/h3-7,10-12,18H,8,13H2,1-2H3. The fraction of sp³-hybridized carbons (Fsp3) is 0.278. The molecule has 0 amide bonds. The van der Waals surface area contributed by atoms with Crippen LogP contribution in [0.25, 0.3) is 0 Å². The van der Waals surface area contributed by atoms with Gasteiger partial charge in [-0.3, -0.25) is 0 Å². The van der Waals surface area contributed by atoms with Crippen molar-refractivity contribution in [2.45, 2.75) is 31.3 Å². The Bertz CT molecular complexity index is 578. The van der Waals surface area contributed by atoms with Gasteiger partial charge in [-0.15, -0.1) is 11.8 Å². The molecule has 0 saturated heterocycles. The first-order valence-corrected chi connectivity index (χ1v) is 7.84. The SMILES string of the molecule is Cc1cc(C)cc(CSC(CC#N)c2ccccc2)c1. The van der Waals surface area contributed by atoms with Gasteiger partial charge >= 0.3 is 0 Å². The van der Waals surface area contributed by atoms with Gasteiger partial charge < -0.3 is 0 Å². The average Bonchev–Trinajstić information content (AvgIpc) is 2.43. The summed E-state index contributed by atoms with van der Waals surface area (Å²) in [6.07, 6.45) is 0.555. The van der Waals surface area contributed by atoms with E-state index in [1.165, 1.54) is 22.3 Å². The number of hydrogen-bond donors (Lipinski definition) is 0. The molecule has 1 unspecified atom stereocenters. The number of thioether (sulfide) groups is 1. The molecule has 0 saturated carbocycles. The number of nitrogens with zero attached hydrogens (tertiary/aromatic N) is 1. The largest absolute Gasteiger partial charge is 0.198 e. The maximum Gasteiger partial charge on any atom is 0.0636 e. The number of hydrogen-bond acceptors (Lipinski definition) is 2. The molecule has 0 aliphatic rings. The quantitative estimate of drug-likeness (QED) is 0.753. The van der Waals surface area contributed by atoms with Crippen LogP contribution in [0, 0.1) is 25.2 Å². The fourth-order valence-corrected chi connectivity index (χ4v) is 3.48. The minimum atomic E-state index is 0.252. The molecule has 0 aliphatic heterocycles. The predicted octanol–water partition coefficient (Wildman–Crippen LogP) is 5.19. The summed E-state index contributed by atoms with van der Waals surface area (Å²) < 4.78 is 0. The summed E-state index contributed by atoms with van der Waals surface area (Å²) in [4.78, 5) is 0. The Balaban J connectivity index is 2.08. The first-order valence-electron chi connectivity index (χ1n) is 6.79. The molecule has 1 atom stereocenters. The summed E-state index contributed by atoms with van der Waals surface area (Å²) in [5, 5.41) is 9.27. The molecule has 1 nitrogen and oxygen atoms in total. The highest BCUT2D eigenvalue weighted by Gasteiger charge is 2.11. The third-order valence-electron chi connectivity index (χ3n) is 3.18. The molecule has 0 N–H and O–H groups in total. The van der Waals surface area contributed by atoms with E-state index < -0.39 is 0 Å². The Morgan fingerprint density at radius 1 is 1.05 bits per heavy atom. The van der Waals surface area contributed by atoms with E-state index in [-0.39, 0.29) is 5.25 Å². The van der Waals surface area contributed by atoms with Crippen LogP contribution >= 0.6 is 11.8 Å². The molecule has 20 heavy (non-hydrogen) atoms. The van der Waals surface area contributed by atoms with Crippen LogP contribution in [0.15, 0.2) is 48.5 Å². The molecule has 102 valence electrons. The van der Waals surface area contributed by atoms with E-state index in [4.69, 9.17) is 5.26 Å². The lowest BCUT2D eigenvalue weighted by Crippen LogP contribution is -1.94. The molecule has 0 heterocycles. The second-order valence-electron chi connectivity index (χ2n) is 5.07. The Morgan fingerprint density at radius 2 is 1.70 bits per heavy atom. The molecule has 2 aromatic rings. The zero-order valence-electron chi connectivity index (χ0n) is 12.0. The van der Waals surface area contributed by atoms with Crippen LogP contribution in [0.3, 0.4) is 0 Å². The Hall–Kier alpha value is -1.72. The molecule has 2 aromatic carbocycles. The smallest absolute Gasteiger partial charge is 0.0636 e. The van der Waals surface area contributed by atoms with Crippen molar-refractivity contribution in [1.82, 2.24) is 0 Å². The van der Waals surface area contributed by atoms with E-state index in [1.807, 2.05) is 30.0 Å². The molecular weight excluding hydrogens is 262 g/mol. The van der Waals surface area contributed by atoms with E-state index in [9.17, 15) is 0 Å². The van der Waals surface area contributed by atoms with Gasteiger partial charge in [-0.25, -0.2) is 0 Å². The lowest BCUT2D eigenvalue weighted by Gasteiger charge is -2.14. The van der Waals surface area contributed by atoms with Gasteiger partial charge in [0.15, 0.2) is 0 Å². The molecule has 0 fully saturated rings. The van der Waals surface area contributed by atoms with Gasteiger partial charge in [0.1, 0.15) is 0 Å². The highest BCUT2D eigenvalue weighted by molar-refractivity contribution is 7.98. The number of benzene rings is 2. The molecule has 2 heteroatoms. The lowest BCUT2D eigenvalue weighted by atomic mass is 10.1. The number of rotatable bonds is 5. The molecule has 0 radical (unpaired) electrons. The van der Waals surface area contributed by atoms with E-state index >= 15 is 0 Å². The average molecular weight is 281 g/mol. The van der Waals surface area contributed by atoms with Crippen molar-refractivity contribution in [2.24, 2.45) is 0 Å². The van der Waals surface area contributed by atoms with Gasteiger partial charge in [-0.2, -0.15) is 5.26 Å². The van der Waals surface area contributed by atoms with Crippen LogP contribution in [0.4, 0.5) is 0 Å². The highest BCUT2D eigenvalue weighted by atomic mass is 32.2. The second-order valence-corrected chi connectivity index (χ2v) is 6.26. The van der Waals surface area contributed by atoms with Crippen LogP contribution in [0.1, 0.15) is 33.9 Å². The summed E-state index contributed by atoms with van der Waals surface area (Å²) in [6.45, 7) is 4.26. The molecule has 0 bridgehead atoms. The third-order valence-corrected chi connectivity index (χ3v) is 4.52. The predicted molar refractivity (Wildman–Crippen MR) is 86.6 cm³/mol. The zero-order chi connectivity index (χ0) is 14.4. The first-order chi connectivity index (χ1) is 9.69. The monoisotopic (exact) mass is 281 g/mol. The van der Waals surface area contributed by atoms with Crippen molar-refractivity contribution in [3.63, 3.8) is 0 Å². The minimum absolute atomic E-state index is 0.252. The molecule has 0 aliphatic carbocycles. The maximum atomic E-state index is 9.02. The van der Waals surface area contributed by atoms with Crippen molar-refractivity contribution in [3.05, 3.63) is 70.8 Å². The van der Waals surface area contributed by atoms with Crippen molar-refractivity contribution in [3.8, 4) is 6.07 Å². The molecule has 0 aromatic heterocycles. The van der Waals surface area contributed by atoms with Gasteiger partial charge in [0.25, 0.3) is 0 Å². The van der Waals surface area contributed by atoms with Crippen molar-refractivity contribution >= 4 is 11.8 Å².